The number of rotatable bonds is 4. The van der Waals surface area contributed by atoms with Crippen molar-refractivity contribution in [2.24, 2.45) is 0 Å². The smallest absolute Gasteiger partial charge is 0.335 e. The molecule has 1 aliphatic rings. The molecular formula is C20H18F2N2O4. The maximum Gasteiger partial charge on any atom is 0.335 e. The van der Waals surface area contributed by atoms with Crippen molar-refractivity contribution in [1.82, 2.24) is 4.90 Å². The van der Waals surface area contributed by atoms with Crippen LogP contribution in [0.15, 0.2) is 36.4 Å². The minimum absolute atomic E-state index is 0.199. The third-order valence-electron chi connectivity index (χ3n) is 4.71. The number of carbonyl (C=O) groups excluding carboxylic acids is 2. The summed E-state index contributed by atoms with van der Waals surface area (Å²) in [4.78, 5) is 38.0. The molecule has 0 bridgehead atoms. The molecule has 146 valence electrons. The first-order valence-electron chi connectivity index (χ1n) is 8.65. The van der Waals surface area contributed by atoms with E-state index in [4.69, 9.17) is 5.11 Å². The van der Waals surface area contributed by atoms with Gasteiger partial charge in [-0.15, -0.1) is 0 Å². The van der Waals surface area contributed by atoms with Crippen molar-refractivity contribution < 1.29 is 28.3 Å². The Morgan fingerprint density at radius 3 is 2.04 bits per heavy atom. The highest BCUT2D eigenvalue weighted by Crippen LogP contribution is 2.23. The highest BCUT2D eigenvalue weighted by Gasteiger charge is 2.26. The minimum Gasteiger partial charge on any atom is -0.478 e. The lowest BCUT2D eigenvalue weighted by atomic mass is 10.1. The van der Waals surface area contributed by atoms with Gasteiger partial charge in [-0.1, -0.05) is 0 Å². The van der Waals surface area contributed by atoms with E-state index in [9.17, 15) is 23.2 Å². The van der Waals surface area contributed by atoms with Crippen molar-refractivity contribution in [3.05, 3.63) is 64.7 Å². The SMILES string of the molecule is CC(=O)c1ccc(N2CCN(C(=O)c3ccc(C(=O)O)cc3F)CC2)c(F)c1. The number of carboxylic acid groups (broad SMARTS) is 1. The zero-order valence-corrected chi connectivity index (χ0v) is 15.1. The van der Waals surface area contributed by atoms with Gasteiger partial charge in [0.25, 0.3) is 5.91 Å². The number of halogens is 2. The average Bonchev–Trinajstić information content (AvgIpc) is 2.67. The first-order valence-corrected chi connectivity index (χ1v) is 8.65. The molecule has 1 saturated heterocycles. The van der Waals surface area contributed by atoms with Gasteiger partial charge in [0.1, 0.15) is 11.6 Å². The van der Waals surface area contributed by atoms with Gasteiger partial charge < -0.3 is 14.9 Å². The predicted octanol–water partition coefficient (Wildman–Crippen LogP) is 2.83. The summed E-state index contributed by atoms with van der Waals surface area (Å²) >= 11 is 0. The van der Waals surface area contributed by atoms with Crippen molar-refractivity contribution in [2.75, 3.05) is 31.1 Å². The number of carboxylic acids is 1. The summed E-state index contributed by atoms with van der Waals surface area (Å²) in [6.07, 6.45) is 0. The van der Waals surface area contributed by atoms with E-state index in [0.29, 0.717) is 18.8 Å². The van der Waals surface area contributed by atoms with Crippen LogP contribution < -0.4 is 4.90 Å². The molecule has 2 aromatic rings. The summed E-state index contributed by atoms with van der Waals surface area (Å²) in [7, 11) is 0. The molecule has 0 radical (unpaired) electrons. The molecular weight excluding hydrogens is 370 g/mol. The molecule has 0 atom stereocenters. The number of benzene rings is 2. The van der Waals surface area contributed by atoms with Crippen LogP contribution in [0.4, 0.5) is 14.5 Å². The van der Waals surface area contributed by atoms with Crippen LogP contribution in [0, 0.1) is 11.6 Å². The number of anilines is 1. The Hall–Kier alpha value is -3.29. The molecule has 1 N–H and O–H groups in total. The van der Waals surface area contributed by atoms with E-state index in [1.165, 1.54) is 30.0 Å². The van der Waals surface area contributed by atoms with Gasteiger partial charge in [-0.25, -0.2) is 13.6 Å². The fourth-order valence-electron chi connectivity index (χ4n) is 3.12. The van der Waals surface area contributed by atoms with Crippen LogP contribution in [0.25, 0.3) is 0 Å². The van der Waals surface area contributed by atoms with Crippen molar-refractivity contribution >= 4 is 23.3 Å². The Balaban J connectivity index is 1.69. The molecule has 1 fully saturated rings. The van der Waals surface area contributed by atoms with E-state index in [1.807, 2.05) is 0 Å². The molecule has 6 nitrogen and oxygen atoms in total. The fourth-order valence-corrected chi connectivity index (χ4v) is 3.12. The highest BCUT2D eigenvalue weighted by molar-refractivity contribution is 5.96. The Kier molecular flexibility index (Phi) is 5.39. The van der Waals surface area contributed by atoms with Crippen molar-refractivity contribution in [3.8, 4) is 0 Å². The van der Waals surface area contributed by atoms with Crippen LogP contribution in [0.1, 0.15) is 38.0 Å². The number of aromatic carboxylic acids is 1. The summed E-state index contributed by atoms with van der Waals surface area (Å²) < 4.78 is 28.4. The number of hydrogen-bond donors (Lipinski definition) is 1. The van der Waals surface area contributed by atoms with Crippen LogP contribution in [0.2, 0.25) is 0 Å². The summed E-state index contributed by atoms with van der Waals surface area (Å²) in [6.45, 7) is 2.56. The van der Waals surface area contributed by atoms with Gasteiger partial charge in [-0.2, -0.15) is 0 Å². The standard InChI is InChI=1S/C20H18F2N2O4/c1-12(25)13-3-5-18(17(22)10-13)23-6-8-24(9-7-23)19(26)15-4-2-14(20(27)28)11-16(15)21/h2-5,10-11H,6-9H2,1H3,(H,27,28). The van der Waals surface area contributed by atoms with Crippen LogP contribution in [-0.2, 0) is 0 Å². The summed E-state index contributed by atoms with van der Waals surface area (Å²) in [5.74, 6) is -3.44. The predicted molar refractivity (Wildman–Crippen MR) is 97.9 cm³/mol. The van der Waals surface area contributed by atoms with E-state index >= 15 is 0 Å². The molecule has 0 saturated carbocycles. The van der Waals surface area contributed by atoms with Gasteiger partial charge in [0.05, 0.1) is 16.8 Å². The molecule has 1 amide bonds. The number of hydrogen-bond acceptors (Lipinski definition) is 4. The second-order valence-corrected chi connectivity index (χ2v) is 6.50. The lowest BCUT2D eigenvalue weighted by Gasteiger charge is -2.36. The second-order valence-electron chi connectivity index (χ2n) is 6.50. The zero-order chi connectivity index (χ0) is 20.4. The molecule has 0 aromatic heterocycles. The minimum atomic E-state index is -1.27. The number of amides is 1. The van der Waals surface area contributed by atoms with Gasteiger partial charge >= 0.3 is 5.97 Å². The van der Waals surface area contributed by atoms with Crippen LogP contribution in [-0.4, -0.2) is 53.8 Å². The highest BCUT2D eigenvalue weighted by atomic mass is 19.1. The third-order valence-corrected chi connectivity index (χ3v) is 4.71. The number of Topliss-reactive ketones (excluding diaryl/α,β-unsaturated/α-hetero) is 1. The summed E-state index contributed by atoms with van der Waals surface area (Å²) in [5.41, 5.74) is 0.197. The Morgan fingerprint density at radius 1 is 0.893 bits per heavy atom. The molecule has 1 heterocycles. The monoisotopic (exact) mass is 388 g/mol. The van der Waals surface area contributed by atoms with E-state index in [-0.39, 0.29) is 35.6 Å². The molecule has 8 heteroatoms. The average molecular weight is 388 g/mol. The van der Waals surface area contributed by atoms with Crippen LogP contribution in [0.3, 0.4) is 0 Å². The molecule has 28 heavy (non-hydrogen) atoms. The first kappa shape index (κ1) is 19.5. The maximum atomic E-state index is 14.3. The van der Waals surface area contributed by atoms with Crippen molar-refractivity contribution in [1.29, 1.82) is 0 Å². The van der Waals surface area contributed by atoms with E-state index in [2.05, 4.69) is 0 Å². The van der Waals surface area contributed by atoms with Crippen LogP contribution in [0.5, 0.6) is 0 Å². The number of carbonyl (C=O) groups is 3. The number of ketones is 1. The maximum absolute atomic E-state index is 14.3. The number of piperazine rings is 1. The first-order chi connectivity index (χ1) is 13.3. The number of nitrogens with zero attached hydrogens (tertiary/aromatic N) is 2. The molecule has 0 unspecified atom stereocenters. The molecule has 2 aromatic carbocycles. The summed E-state index contributed by atoms with van der Waals surface area (Å²) in [6, 6.07) is 7.44. The van der Waals surface area contributed by atoms with Gasteiger partial charge in [-0.05, 0) is 43.3 Å². The van der Waals surface area contributed by atoms with Gasteiger partial charge in [0, 0.05) is 31.7 Å². The van der Waals surface area contributed by atoms with Gasteiger partial charge in [0.2, 0.25) is 0 Å². The lowest BCUT2D eigenvalue weighted by Crippen LogP contribution is -2.49. The van der Waals surface area contributed by atoms with Crippen molar-refractivity contribution in [2.45, 2.75) is 6.92 Å². The quantitative estimate of drug-likeness (QED) is 0.815. The van der Waals surface area contributed by atoms with E-state index < -0.39 is 23.5 Å². The van der Waals surface area contributed by atoms with Crippen LogP contribution >= 0.6 is 0 Å². The Bertz CT molecular complexity index is 953. The second kappa shape index (κ2) is 7.75. The third kappa shape index (κ3) is 3.85. The Labute approximate surface area is 160 Å². The fraction of sp³-hybridized carbons (Fsp3) is 0.250. The largest absolute Gasteiger partial charge is 0.478 e. The van der Waals surface area contributed by atoms with Crippen molar-refractivity contribution in [3.63, 3.8) is 0 Å². The molecule has 3 rings (SSSR count). The molecule has 0 aliphatic carbocycles. The van der Waals surface area contributed by atoms with E-state index in [0.717, 1.165) is 12.1 Å². The lowest BCUT2D eigenvalue weighted by molar-refractivity contribution is 0.0691. The molecule has 0 spiro atoms. The Morgan fingerprint density at radius 2 is 1.50 bits per heavy atom. The van der Waals surface area contributed by atoms with Gasteiger partial charge in [0.15, 0.2) is 5.78 Å². The normalized spacial score (nSPS) is 14.1. The topological polar surface area (TPSA) is 77.9 Å². The zero-order valence-electron chi connectivity index (χ0n) is 15.1. The summed E-state index contributed by atoms with van der Waals surface area (Å²) in [5, 5.41) is 8.88. The van der Waals surface area contributed by atoms with Gasteiger partial charge in [-0.3, -0.25) is 9.59 Å². The van der Waals surface area contributed by atoms with E-state index in [1.54, 1.807) is 11.0 Å². The molecule has 1 aliphatic heterocycles.